The van der Waals surface area contributed by atoms with Crippen molar-refractivity contribution >= 4 is 21.6 Å². The lowest BCUT2D eigenvalue weighted by molar-refractivity contribution is -0.120. The second-order valence-corrected chi connectivity index (χ2v) is 8.36. The van der Waals surface area contributed by atoms with Crippen molar-refractivity contribution < 1.29 is 27.1 Å². The third kappa shape index (κ3) is 4.28. The third-order valence-electron chi connectivity index (χ3n) is 4.92. The number of primary sulfonamides is 1. The highest BCUT2D eigenvalue weighted by Gasteiger charge is 2.36. The molecule has 4 N–H and O–H groups in total. The average Bonchev–Trinajstić information content (AvgIpc) is 2.66. The number of rotatable bonds is 4. The summed E-state index contributed by atoms with van der Waals surface area (Å²) in [6.07, 6.45) is 2.82. The summed E-state index contributed by atoms with van der Waals surface area (Å²) in [5.41, 5.74) is 0.852. The fourth-order valence-corrected chi connectivity index (χ4v) is 4.06. The van der Waals surface area contributed by atoms with E-state index in [1.54, 1.807) is 0 Å². The van der Waals surface area contributed by atoms with E-state index in [2.05, 4.69) is 16.9 Å². The Balaban J connectivity index is 1.93. The van der Waals surface area contributed by atoms with Crippen LogP contribution in [0.2, 0.25) is 0 Å². The van der Waals surface area contributed by atoms with E-state index >= 15 is 0 Å². The molecule has 0 spiro atoms. The molecule has 1 heterocycles. The smallest absolute Gasteiger partial charge is 0.255 e. The van der Waals surface area contributed by atoms with Gasteiger partial charge in [-0.3, -0.25) is 4.79 Å². The number of benzene rings is 1. The zero-order valence-electron chi connectivity index (χ0n) is 15.2. The Kier molecular flexibility index (Phi) is 5.67. The molecule has 0 aliphatic heterocycles. The van der Waals surface area contributed by atoms with E-state index in [4.69, 9.17) is 5.14 Å². The van der Waals surface area contributed by atoms with Crippen LogP contribution in [0, 0.1) is 17.6 Å². The number of anilines is 1. The van der Waals surface area contributed by atoms with Crippen LogP contribution in [0.1, 0.15) is 30.7 Å². The van der Waals surface area contributed by atoms with Crippen LogP contribution in [0.15, 0.2) is 47.6 Å². The van der Waals surface area contributed by atoms with Crippen molar-refractivity contribution in [2.75, 3.05) is 5.32 Å². The summed E-state index contributed by atoms with van der Waals surface area (Å²) in [5.74, 6) is -5.35. The fourth-order valence-electron chi connectivity index (χ4n) is 3.56. The lowest BCUT2D eigenvalue weighted by Crippen LogP contribution is -2.32. The van der Waals surface area contributed by atoms with Crippen LogP contribution < -0.4 is 10.5 Å². The number of phenols is 1. The molecule has 29 heavy (non-hydrogen) atoms. The molecular weight excluding hydrogens is 404 g/mol. The first kappa shape index (κ1) is 20.9. The van der Waals surface area contributed by atoms with E-state index < -0.39 is 50.2 Å². The number of carbonyl (C=O) groups excluding carboxylic acids is 1. The summed E-state index contributed by atoms with van der Waals surface area (Å²) in [6.45, 7) is 3.94. The van der Waals surface area contributed by atoms with Crippen LogP contribution in [0.3, 0.4) is 0 Å². The number of sulfonamides is 1. The molecule has 1 aliphatic carbocycles. The molecule has 0 bridgehead atoms. The van der Waals surface area contributed by atoms with Gasteiger partial charge in [0.15, 0.2) is 16.6 Å². The van der Waals surface area contributed by atoms with Gasteiger partial charge in [-0.2, -0.15) is 4.39 Å². The van der Waals surface area contributed by atoms with E-state index in [1.165, 1.54) is 18.3 Å². The molecule has 7 nitrogen and oxygen atoms in total. The van der Waals surface area contributed by atoms with Crippen LogP contribution >= 0.6 is 0 Å². The quantitative estimate of drug-likeness (QED) is 0.653. The Bertz CT molecular complexity index is 1090. The number of amides is 1. The molecule has 0 saturated heterocycles. The molecule has 1 aromatic heterocycles. The highest BCUT2D eigenvalue weighted by atomic mass is 32.2. The highest BCUT2D eigenvalue weighted by molar-refractivity contribution is 7.89. The maximum Gasteiger partial charge on any atom is 0.255 e. The molecule has 10 heteroatoms. The normalized spacial score (nSPS) is 19.8. The van der Waals surface area contributed by atoms with Gasteiger partial charge in [0.1, 0.15) is 0 Å². The largest absolute Gasteiger partial charge is 0.505 e. The van der Waals surface area contributed by atoms with Gasteiger partial charge in [-0.15, -0.1) is 0 Å². The molecule has 0 unspecified atom stereocenters. The molecule has 0 radical (unpaired) electrons. The number of halogens is 2. The van der Waals surface area contributed by atoms with Crippen LogP contribution in [-0.4, -0.2) is 24.4 Å². The van der Waals surface area contributed by atoms with Gasteiger partial charge in [0.2, 0.25) is 11.7 Å². The summed E-state index contributed by atoms with van der Waals surface area (Å²) >= 11 is 0. The molecule has 154 valence electrons. The minimum atomic E-state index is -4.05. The number of aromatic hydroxyl groups is 1. The van der Waals surface area contributed by atoms with Gasteiger partial charge in [-0.1, -0.05) is 18.2 Å². The van der Waals surface area contributed by atoms with E-state index in [1.807, 2.05) is 0 Å². The van der Waals surface area contributed by atoms with Crippen molar-refractivity contribution in [1.82, 2.24) is 4.98 Å². The predicted molar refractivity (Wildman–Crippen MR) is 101 cm³/mol. The number of hydrogen-bond donors (Lipinski definition) is 3. The molecule has 1 aromatic carbocycles. The number of carbonyl (C=O) groups is 1. The van der Waals surface area contributed by atoms with Crippen molar-refractivity contribution in [1.29, 1.82) is 0 Å². The second-order valence-electron chi connectivity index (χ2n) is 6.85. The Morgan fingerprint density at radius 1 is 1.31 bits per heavy atom. The summed E-state index contributed by atoms with van der Waals surface area (Å²) in [5, 5.41) is 17.3. The third-order valence-corrected chi connectivity index (χ3v) is 5.73. The summed E-state index contributed by atoms with van der Waals surface area (Å²) in [4.78, 5) is 16.6. The van der Waals surface area contributed by atoms with Gasteiger partial charge in [-0.05, 0) is 31.4 Å². The number of hydrogen-bond acceptors (Lipinski definition) is 5. The summed E-state index contributed by atoms with van der Waals surface area (Å²) in [6, 6.07) is 4.65. The first-order valence-electron chi connectivity index (χ1n) is 8.74. The SMILES string of the molecule is C=C1CCC[C@H](C(=O)Nc2ccnc(S(N)(=O)=O)c2)[C@H]1c1ccc(F)c(F)c1O. The first-order chi connectivity index (χ1) is 13.6. The Hall–Kier alpha value is -2.85. The number of nitrogens with zero attached hydrogens (tertiary/aromatic N) is 1. The standard InChI is InChI=1S/C19H19F2N3O4S/c1-10-3-2-4-13(16(10)12-5-6-14(20)17(21)18(12)25)19(26)24-11-7-8-23-15(9-11)29(22,27)28/h5-9,13,16,25H,1-4H2,(H2,22,27,28)(H,23,24,26)/t13-,16+/m0/s1. The molecule has 2 aromatic rings. The number of nitrogens with two attached hydrogens (primary N) is 1. The highest BCUT2D eigenvalue weighted by Crippen LogP contribution is 2.45. The molecule has 1 fully saturated rings. The van der Waals surface area contributed by atoms with Gasteiger partial charge in [-0.25, -0.2) is 22.9 Å². The zero-order valence-corrected chi connectivity index (χ0v) is 16.0. The lowest BCUT2D eigenvalue weighted by Gasteiger charge is -2.33. The van der Waals surface area contributed by atoms with Gasteiger partial charge in [0.05, 0.1) is 0 Å². The topological polar surface area (TPSA) is 122 Å². The van der Waals surface area contributed by atoms with Crippen molar-refractivity contribution in [2.45, 2.75) is 30.2 Å². The fraction of sp³-hybridized carbons (Fsp3) is 0.263. The van der Waals surface area contributed by atoms with Crippen molar-refractivity contribution in [2.24, 2.45) is 11.1 Å². The second kappa shape index (κ2) is 7.88. The van der Waals surface area contributed by atoms with Crippen molar-refractivity contribution in [3.63, 3.8) is 0 Å². The van der Waals surface area contributed by atoms with Crippen molar-refractivity contribution in [3.8, 4) is 5.75 Å². The van der Waals surface area contributed by atoms with Crippen LogP contribution in [0.5, 0.6) is 5.75 Å². The molecule has 1 saturated carbocycles. The lowest BCUT2D eigenvalue weighted by atomic mass is 9.72. The van der Waals surface area contributed by atoms with Gasteiger partial charge >= 0.3 is 0 Å². The van der Waals surface area contributed by atoms with Crippen molar-refractivity contribution in [3.05, 3.63) is 59.8 Å². The Morgan fingerprint density at radius 3 is 2.72 bits per heavy atom. The molecule has 3 rings (SSSR count). The minimum Gasteiger partial charge on any atom is -0.505 e. The van der Waals surface area contributed by atoms with Gasteiger partial charge in [0.25, 0.3) is 10.0 Å². The molecule has 1 aliphatic rings. The number of nitrogens with one attached hydrogen (secondary N) is 1. The number of aromatic nitrogens is 1. The zero-order chi connectivity index (χ0) is 21.3. The van der Waals surface area contributed by atoms with E-state index in [0.29, 0.717) is 24.8 Å². The number of pyridine rings is 1. The Labute approximate surface area is 166 Å². The van der Waals surface area contributed by atoms with Crippen LogP contribution in [0.4, 0.5) is 14.5 Å². The van der Waals surface area contributed by atoms with E-state index in [0.717, 1.165) is 12.1 Å². The van der Waals surface area contributed by atoms with E-state index in [9.17, 15) is 27.1 Å². The summed E-state index contributed by atoms with van der Waals surface area (Å²) < 4.78 is 50.2. The monoisotopic (exact) mass is 423 g/mol. The predicted octanol–water partition coefficient (Wildman–Crippen LogP) is 2.79. The van der Waals surface area contributed by atoms with Gasteiger partial charge in [0, 0.05) is 35.3 Å². The first-order valence-corrected chi connectivity index (χ1v) is 10.3. The number of allylic oxidation sites excluding steroid dienone is 1. The molecule has 2 atom stereocenters. The minimum absolute atomic E-state index is 0.0775. The summed E-state index contributed by atoms with van der Waals surface area (Å²) in [7, 11) is -4.05. The molecule has 1 amide bonds. The van der Waals surface area contributed by atoms with Crippen LogP contribution in [0.25, 0.3) is 0 Å². The van der Waals surface area contributed by atoms with Crippen LogP contribution in [-0.2, 0) is 14.8 Å². The van der Waals surface area contributed by atoms with E-state index in [-0.39, 0.29) is 11.3 Å². The maximum atomic E-state index is 13.9. The Morgan fingerprint density at radius 2 is 2.03 bits per heavy atom. The molecular formula is C19H19F2N3O4S. The average molecular weight is 423 g/mol. The number of phenolic OH excluding ortho intramolecular Hbond substituents is 1. The maximum absolute atomic E-state index is 13.9. The van der Waals surface area contributed by atoms with Gasteiger partial charge < -0.3 is 10.4 Å².